The van der Waals surface area contributed by atoms with Crippen molar-refractivity contribution < 1.29 is 26.7 Å². The van der Waals surface area contributed by atoms with E-state index in [1.807, 2.05) is 0 Å². The quantitative estimate of drug-likeness (QED) is 0.195. The van der Waals surface area contributed by atoms with Gasteiger partial charge in [-0.1, -0.05) is 18.2 Å². The van der Waals surface area contributed by atoms with Crippen LogP contribution in [0.2, 0.25) is 0 Å². The molecule has 0 spiro atoms. The maximum atomic E-state index is 13.3. The average molecular weight is 570 g/mol. The molecule has 0 heterocycles. The molecule has 176 valence electrons. The number of guanidine groups is 1. The van der Waals surface area contributed by atoms with Crippen LogP contribution in [0.3, 0.4) is 0 Å². The van der Waals surface area contributed by atoms with Crippen LogP contribution in [0.15, 0.2) is 47.5 Å². The van der Waals surface area contributed by atoms with E-state index < -0.39 is 35.2 Å². The highest BCUT2D eigenvalue weighted by atomic mass is 127. The van der Waals surface area contributed by atoms with Crippen molar-refractivity contribution in [1.82, 2.24) is 10.6 Å². The van der Waals surface area contributed by atoms with Crippen LogP contribution in [0.1, 0.15) is 23.6 Å². The third kappa shape index (κ3) is 8.60. The fourth-order valence-corrected chi connectivity index (χ4v) is 2.85. The summed E-state index contributed by atoms with van der Waals surface area (Å²) in [6.45, 7) is 1.89. The first-order valence-electron chi connectivity index (χ1n) is 9.51. The van der Waals surface area contributed by atoms with Crippen molar-refractivity contribution in [2.75, 3.05) is 13.1 Å². The zero-order chi connectivity index (χ0) is 23.0. The van der Waals surface area contributed by atoms with Gasteiger partial charge in [-0.3, -0.25) is 4.79 Å². The van der Waals surface area contributed by atoms with Crippen LogP contribution in [0.4, 0.5) is 22.0 Å². The molecular formula is C21H24F5IN4O. The second-order valence-electron chi connectivity index (χ2n) is 6.81. The number of rotatable bonds is 8. The number of carbonyl (C=O) groups is 1. The predicted molar refractivity (Wildman–Crippen MR) is 122 cm³/mol. The first-order valence-corrected chi connectivity index (χ1v) is 9.51. The Balaban J connectivity index is 0.00000512. The summed E-state index contributed by atoms with van der Waals surface area (Å²) >= 11 is 0. The average Bonchev–Trinajstić information content (AvgIpc) is 2.70. The molecule has 1 atom stereocenters. The zero-order valence-electron chi connectivity index (χ0n) is 17.2. The standard InChI is InChI=1S/C21H23F5N4O.HI/c1-2-28-20(29-11-14-5-8-17(23)10-18(14)21(24,25)26)30-12-15(19(27)31)9-13-3-6-16(22)7-4-13;/h3-8,10,15H,2,9,11-12H2,1H3,(H2,27,31)(H2,28,29,30);1H. The minimum atomic E-state index is -4.72. The van der Waals surface area contributed by atoms with Crippen LogP contribution in [0.25, 0.3) is 0 Å². The number of hydrogen-bond acceptors (Lipinski definition) is 2. The molecule has 0 saturated heterocycles. The van der Waals surface area contributed by atoms with Gasteiger partial charge < -0.3 is 16.4 Å². The van der Waals surface area contributed by atoms with Crippen molar-refractivity contribution in [2.45, 2.75) is 26.1 Å². The van der Waals surface area contributed by atoms with Crippen LogP contribution in [-0.4, -0.2) is 25.0 Å². The van der Waals surface area contributed by atoms with Gasteiger partial charge in [0, 0.05) is 13.1 Å². The number of nitrogens with zero attached hydrogens (tertiary/aromatic N) is 1. The molecule has 0 radical (unpaired) electrons. The lowest BCUT2D eigenvalue weighted by Crippen LogP contribution is -2.43. The summed E-state index contributed by atoms with van der Waals surface area (Å²) in [7, 11) is 0. The van der Waals surface area contributed by atoms with E-state index in [1.165, 1.54) is 24.3 Å². The molecule has 1 amide bonds. The molecule has 2 aromatic carbocycles. The van der Waals surface area contributed by atoms with Crippen LogP contribution >= 0.6 is 24.0 Å². The minimum absolute atomic E-state index is 0. The molecular weight excluding hydrogens is 546 g/mol. The Bertz CT molecular complexity index is 919. The highest BCUT2D eigenvalue weighted by Gasteiger charge is 2.33. The highest BCUT2D eigenvalue weighted by Crippen LogP contribution is 2.32. The first kappa shape index (κ1) is 27.6. The molecule has 0 bridgehead atoms. The number of hydrogen-bond donors (Lipinski definition) is 3. The summed E-state index contributed by atoms with van der Waals surface area (Å²) in [6, 6.07) is 8.02. The molecule has 0 aliphatic carbocycles. The Morgan fingerprint density at radius 2 is 1.69 bits per heavy atom. The van der Waals surface area contributed by atoms with Gasteiger partial charge in [0.1, 0.15) is 11.6 Å². The number of aliphatic imine (C=N–C) groups is 1. The summed E-state index contributed by atoms with van der Waals surface area (Å²) in [5.41, 5.74) is 4.86. The van der Waals surface area contributed by atoms with Gasteiger partial charge in [0.25, 0.3) is 0 Å². The number of primary amides is 1. The normalized spacial score (nSPS) is 12.6. The smallest absolute Gasteiger partial charge is 0.369 e. The molecule has 4 N–H and O–H groups in total. The number of carbonyl (C=O) groups excluding carboxylic acids is 1. The van der Waals surface area contributed by atoms with E-state index in [9.17, 15) is 26.7 Å². The molecule has 0 fully saturated rings. The van der Waals surface area contributed by atoms with Gasteiger partial charge in [-0.15, -0.1) is 24.0 Å². The summed E-state index contributed by atoms with van der Waals surface area (Å²) < 4.78 is 65.8. The highest BCUT2D eigenvalue weighted by molar-refractivity contribution is 14.0. The lowest BCUT2D eigenvalue weighted by atomic mass is 9.98. The SMILES string of the molecule is CCNC(=NCc1ccc(F)cc1C(F)(F)F)NCC(Cc1ccc(F)cc1)C(N)=O.I. The van der Waals surface area contributed by atoms with Crippen molar-refractivity contribution in [3.05, 3.63) is 70.8 Å². The van der Waals surface area contributed by atoms with E-state index in [2.05, 4.69) is 15.6 Å². The van der Waals surface area contributed by atoms with Crippen LogP contribution in [0.5, 0.6) is 0 Å². The van der Waals surface area contributed by atoms with E-state index in [0.717, 1.165) is 12.1 Å². The first-order chi connectivity index (χ1) is 14.6. The topological polar surface area (TPSA) is 79.5 Å². The number of amides is 1. The van der Waals surface area contributed by atoms with Crippen molar-refractivity contribution in [3.63, 3.8) is 0 Å². The van der Waals surface area contributed by atoms with Crippen molar-refractivity contribution in [2.24, 2.45) is 16.6 Å². The third-order valence-corrected chi connectivity index (χ3v) is 4.44. The number of nitrogens with two attached hydrogens (primary N) is 1. The molecule has 0 aromatic heterocycles. The monoisotopic (exact) mass is 570 g/mol. The molecule has 1 unspecified atom stereocenters. The van der Waals surface area contributed by atoms with Gasteiger partial charge in [0.05, 0.1) is 18.0 Å². The lowest BCUT2D eigenvalue weighted by molar-refractivity contribution is -0.138. The minimum Gasteiger partial charge on any atom is -0.369 e. The van der Waals surface area contributed by atoms with Gasteiger partial charge in [0.2, 0.25) is 5.91 Å². The van der Waals surface area contributed by atoms with Crippen LogP contribution < -0.4 is 16.4 Å². The number of halogens is 6. The van der Waals surface area contributed by atoms with E-state index in [4.69, 9.17) is 5.73 Å². The van der Waals surface area contributed by atoms with Crippen LogP contribution in [-0.2, 0) is 23.9 Å². The number of nitrogens with one attached hydrogen (secondary N) is 2. The van der Waals surface area contributed by atoms with Crippen LogP contribution in [0, 0.1) is 17.6 Å². The summed E-state index contributed by atoms with van der Waals surface area (Å²) in [6.07, 6.45) is -4.47. The molecule has 5 nitrogen and oxygen atoms in total. The zero-order valence-corrected chi connectivity index (χ0v) is 19.5. The Labute approximate surface area is 199 Å². The fraction of sp³-hybridized carbons (Fsp3) is 0.333. The van der Waals surface area contributed by atoms with Crippen molar-refractivity contribution in [3.8, 4) is 0 Å². The Hall–Kier alpha value is -2.44. The number of benzene rings is 2. The Morgan fingerprint density at radius 3 is 2.25 bits per heavy atom. The van der Waals surface area contributed by atoms with Gasteiger partial charge in [0.15, 0.2) is 5.96 Å². The van der Waals surface area contributed by atoms with E-state index >= 15 is 0 Å². The fourth-order valence-electron chi connectivity index (χ4n) is 2.85. The summed E-state index contributed by atoms with van der Waals surface area (Å²) in [4.78, 5) is 15.9. The predicted octanol–water partition coefficient (Wildman–Crippen LogP) is 4.00. The Morgan fingerprint density at radius 1 is 1.06 bits per heavy atom. The summed E-state index contributed by atoms with van der Waals surface area (Å²) in [5, 5.41) is 5.75. The van der Waals surface area contributed by atoms with E-state index in [-0.39, 0.29) is 55.0 Å². The van der Waals surface area contributed by atoms with Gasteiger partial charge in [-0.25, -0.2) is 13.8 Å². The third-order valence-electron chi connectivity index (χ3n) is 4.44. The second-order valence-corrected chi connectivity index (χ2v) is 6.81. The second kappa shape index (κ2) is 12.6. The molecule has 2 aromatic rings. The maximum Gasteiger partial charge on any atom is 0.416 e. The molecule has 0 aliphatic rings. The van der Waals surface area contributed by atoms with Crippen molar-refractivity contribution >= 4 is 35.8 Å². The maximum absolute atomic E-state index is 13.3. The van der Waals surface area contributed by atoms with E-state index in [0.29, 0.717) is 18.2 Å². The molecule has 0 aliphatic heterocycles. The largest absolute Gasteiger partial charge is 0.416 e. The molecule has 2 rings (SSSR count). The molecule has 0 saturated carbocycles. The molecule has 32 heavy (non-hydrogen) atoms. The number of alkyl halides is 3. The van der Waals surface area contributed by atoms with E-state index in [1.54, 1.807) is 6.92 Å². The Kier molecular flexibility index (Phi) is 10.8. The van der Waals surface area contributed by atoms with Crippen molar-refractivity contribution in [1.29, 1.82) is 0 Å². The summed E-state index contributed by atoms with van der Waals surface area (Å²) in [5.74, 6) is -2.48. The van der Waals surface area contributed by atoms with Gasteiger partial charge in [-0.05, 0) is 48.7 Å². The van der Waals surface area contributed by atoms with Gasteiger partial charge >= 0.3 is 6.18 Å². The lowest BCUT2D eigenvalue weighted by Gasteiger charge is -2.17. The van der Waals surface area contributed by atoms with Gasteiger partial charge in [-0.2, -0.15) is 13.2 Å². The molecule has 11 heteroatoms.